The molecule has 3 heteroatoms. The molecule has 88 valence electrons. The zero-order valence-electron chi connectivity index (χ0n) is 9.76. The van der Waals surface area contributed by atoms with Crippen molar-refractivity contribution in [3.63, 3.8) is 0 Å². The van der Waals surface area contributed by atoms with E-state index in [2.05, 4.69) is 24.3 Å². The van der Waals surface area contributed by atoms with Crippen molar-refractivity contribution < 1.29 is 9.90 Å². The number of carboxylic acids is 1. The van der Waals surface area contributed by atoms with Crippen LogP contribution in [0.15, 0.2) is 42.5 Å². The normalized spacial score (nSPS) is 10.9. The molecular formula is C14H15NO2. The van der Waals surface area contributed by atoms with Crippen LogP contribution in [0.1, 0.15) is 5.56 Å². The number of carbonyl (C=O) groups is 1. The van der Waals surface area contributed by atoms with E-state index in [4.69, 9.17) is 5.11 Å². The molecule has 0 bridgehead atoms. The average Bonchev–Trinajstić information content (AvgIpc) is 2.27. The van der Waals surface area contributed by atoms with Crippen molar-refractivity contribution in [1.29, 1.82) is 0 Å². The number of fused-ring (bicyclic) bond motifs is 1. The predicted octanol–water partition coefficient (Wildman–Crippen LogP) is 2.36. The van der Waals surface area contributed by atoms with Crippen molar-refractivity contribution in [1.82, 2.24) is 4.90 Å². The van der Waals surface area contributed by atoms with Crippen LogP contribution >= 0.6 is 0 Å². The molecule has 0 atom stereocenters. The van der Waals surface area contributed by atoms with Gasteiger partial charge < -0.3 is 5.11 Å². The number of rotatable bonds is 4. The Kier molecular flexibility index (Phi) is 3.40. The molecule has 0 aromatic heterocycles. The van der Waals surface area contributed by atoms with Gasteiger partial charge in [-0.1, -0.05) is 36.4 Å². The van der Waals surface area contributed by atoms with E-state index in [9.17, 15) is 4.79 Å². The fraction of sp³-hybridized carbons (Fsp3) is 0.214. The summed E-state index contributed by atoms with van der Waals surface area (Å²) in [5, 5.41) is 11.1. The molecule has 0 amide bonds. The minimum Gasteiger partial charge on any atom is -0.480 e. The molecule has 0 unspecified atom stereocenters. The van der Waals surface area contributed by atoms with Gasteiger partial charge in [0, 0.05) is 6.54 Å². The molecule has 17 heavy (non-hydrogen) atoms. The van der Waals surface area contributed by atoms with E-state index in [0.717, 1.165) is 5.56 Å². The first kappa shape index (κ1) is 11.6. The van der Waals surface area contributed by atoms with E-state index < -0.39 is 5.97 Å². The van der Waals surface area contributed by atoms with Gasteiger partial charge in [-0.3, -0.25) is 9.69 Å². The largest absolute Gasteiger partial charge is 0.480 e. The van der Waals surface area contributed by atoms with Crippen LogP contribution in [0.2, 0.25) is 0 Å². The van der Waals surface area contributed by atoms with Gasteiger partial charge in [-0.15, -0.1) is 0 Å². The maximum Gasteiger partial charge on any atom is 0.317 e. The maximum absolute atomic E-state index is 10.6. The molecular weight excluding hydrogens is 214 g/mol. The molecule has 0 saturated heterocycles. The Morgan fingerprint density at radius 2 is 1.88 bits per heavy atom. The van der Waals surface area contributed by atoms with E-state index in [0.29, 0.717) is 6.54 Å². The Labute approximate surface area is 100 Å². The van der Waals surface area contributed by atoms with Gasteiger partial charge in [0.1, 0.15) is 0 Å². The smallest absolute Gasteiger partial charge is 0.317 e. The van der Waals surface area contributed by atoms with Crippen molar-refractivity contribution >= 4 is 16.7 Å². The highest BCUT2D eigenvalue weighted by molar-refractivity contribution is 5.83. The van der Waals surface area contributed by atoms with E-state index in [-0.39, 0.29) is 6.54 Å². The number of nitrogens with zero attached hydrogens (tertiary/aromatic N) is 1. The molecule has 2 rings (SSSR count). The third kappa shape index (κ3) is 3.04. The van der Waals surface area contributed by atoms with Gasteiger partial charge in [-0.05, 0) is 29.4 Å². The second-order valence-corrected chi connectivity index (χ2v) is 4.25. The summed E-state index contributed by atoms with van der Waals surface area (Å²) in [5.74, 6) is -0.798. The Balaban J connectivity index is 2.16. The van der Waals surface area contributed by atoms with Crippen LogP contribution in [-0.2, 0) is 11.3 Å². The summed E-state index contributed by atoms with van der Waals surface area (Å²) in [6.07, 6.45) is 0. The number of hydrogen-bond donors (Lipinski definition) is 1. The van der Waals surface area contributed by atoms with Crippen LogP contribution in [0.25, 0.3) is 10.8 Å². The monoisotopic (exact) mass is 229 g/mol. The first-order valence-electron chi connectivity index (χ1n) is 5.53. The topological polar surface area (TPSA) is 40.5 Å². The van der Waals surface area contributed by atoms with Crippen LogP contribution in [0.5, 0.6) is 0 Å². The third-order valence-electron chi connectivity index (χ3n) is 2.67. The third-order valence-corrected chi connectivity index (χ3v) is 2.67. The van der Waals surface area contributed by atoms with Gasteiger partial charge in [0.25, 0.3) is 0 Å². The Bertz CT molecular complexity index is 536. The predicted molar refractivity (Wildman–Crippen MR) is 67.9 cm³/mol. The second kappa shape index (κ2) is 4.97. The first-order valence-corrected chi connectivity index (χ1v) is 5.53. The lowest BCUT2D eigenvalue weighted by atomic mass is 10.1. The van der Waals surface area contributed by atoms with Crippen molar-refractivity contribution in [2.24, 2.45) is 0 Å². The van der Waals surface area contributed by atoms with Crippen molar-refractivity contribution in [3.8, 4) is 0 Å². The second-order valence-electron chi connectivity index (χ2n) is 4.25. The highest BCUT2D eigenvalue weighted by Crippen LogP contribution is 2.16. The fourth-order valence-corrected chi connectivity index (χ4v) is 1.94. The lowest BCUT2D eigenvalue weighted by Gasteiger charge is -2.14. The number of likely N-dealkylation sites (N-methyl/N-ethyl adjacent to an activating group) is 1. The molecule has 0 heterocycles. The summed E-state index contributed by atoms with van der Waals surface area (Å²) in [5.41, 5.74) is 1.13. The molecule has 0 aliphatic heterocycles. The molecule has 0 radical (unpaired) electrons. The average molecular weight is 229 g/mol. The van der Waals surface area contributed by atoms with E-state index in [1.165, 1.54) is 10.8 Å². The number of carboxylic acid groups (broad SMARTS) is 1. The van der Waals surface area contributed by atoms with Crippen molar-refractivity contribution in [3.05, 3.63) is 48.0 Å². The fourth-order valence-electron chi connectivity index (χ4n) is 1.94. The Morgan fingerprint density at radius 3 is 2.59 bits per heavy atom. The molecule has 0 aliphatic rings. The zero-order chi connectivity index (χ0) is 12.3. The van der Waals surface area contributed by atoms with E-state index in [1.54, 1.807) is 4.90 Å². The van der Waals surface area contributed by atoms with Crippen LogP contribution < -0.4 is 0 Å². The summed E-state index contributed by atoms with van der Waals surface area (Å²) >= 11 is 0. The minimum absolute atomic E-state index is 0.0623. The Morgan fingerprint density at radius 1 is 1.18 bits per heavy atom. The quantitative estimate of drug-likeness (QED) is 0.875. The van der Waals surface area contributed by atoms with Crippen molar-refractivity contribution in [2.75, 3.05) is 13.6 Å². The van der Waals surface area contributed by atoms with Gasteiger partial charge >= 0.3 is 5.97 Å². The zero-order valence-corrected chi connectivity index (χ0v) is 9.76. The first-order chi connectivity index (χ1) is 8.15. The van der Waals surface area contributed by atoms with Gasteiger partial charge in [0.2, 0.25) is 0 Å². The van der Waals surface area contributed by atoms with E-state index in [1.807, 2.05) is 25.2 Å². The van der Waals surface area contributed by atoms with Gasteiger partial charge in [-0.2, -0.15) is 0 Å². The molecule has 3 nitrogen and oxygen atoms in total. The molecule has 2 aromatic rings. The molecule has 0 saturated carbocycles. The maximum atomic E-state index is 10.6. The highest BCUT2D eigenvalue weighted by atomic mass is 16.4. The van der Waals surface area contributed by atoms with Gasteiger partial charge in [0.05, 0.1) is 6.54 Å². The SMILES string of the molecule is CN(CC(=O)O)Cc1ccc2ccccc2c1. The molecule has 2 aromatic carbocycles. The number of benzene rings is 2. The molecule has 1 N–H and O–H groups in total. The minimum atomic E-state index is -0.798. The summed E-state index contributed by atoms with van der Waals surface area (Å²) in [6, 6.07) is 14.4. The lowest BCUT2D eigenvalue weighted by molar-refractivity contribution is -0.138. The molecule has 0 spiro atoms. The number of aliphatic carboxylic acids is 1. The van der Waals surface area contributed by atoms with Crippen LogP contribution in [0.3, 0.4) is 0 Å². The summed E-state index contributed by atoms with van der Waals surface area (Å²) in [7, 11) is 1.81. The van der Waals surface area contributed by atoms with Crippen LogP contribution in [-0.4, -0.2) is 29.6 Å². The standard InChI is InChI=1S/C14H15NO2/c1-15(10-14(16)17)9-11-6-7-12-4-2-3-5-13(12)8-11/h2-8H,9-10H2,1H3,(H,16,17). The van der Waals surface area contributed by atoms with E-state index >= 15 is 0 Å². The van der Waals surface area contributed by atoms with Gasteiger partial charge in [-0.25, -0.2) is 0 Å². The molecule has 0 aliphatic carbocycles. The van der Waals surface area contributed by atoms with Crippen LogP contribution in [0.4, 0.5) is 0 Å². The van der Waals surface area contributed by atoms with Crippen molar-refractivity contribution in [2.45, 2.75) is 6.54 Å². The number of hydrogen-bond acceptors (Lipinski definition) is 2. The lowest BCUT2D eigenvalue weighted by Crippen LogP contribution is -2.25. The van der Waals surface area contributed by atoms with Gasteiger partial charge in [0.15, 0.2) is 0 Å². The van der Waals surface area contributed by atoms with Crippen LogP contribution in [0, 0.1) is 0 Å². The summed E-state index contributed by atoms with van der Waals surface area (Å²) in [4.78, 5) is 12.4. The highest BCUT2D eigenvalue weighted by Gasteiger charge is 2.05. The summed E-state index contributed by atoms with van der Waals surface area (Å²) in [6.45, 7) is 0.712. The molecule has 0 fully saturated rings. The Hall–Kier alpha value is -1.87. The summed E-state index contributed by atoms with van der Waals surface area (Å²) < 4.78 is 0.